The van der Waals surface area contributed by atoms with Crippen molar-refractivity contribution in [2.75, 3.05) is 13.1 Å². The number of benzene rings is 2. The van der Waals surface area contributed by atoms with E-state index in [-0.39, 0.29) is 5.92 Å². The Morgan fingerprint density at radius 1 is 0.966 bits per heavy atom. The lowest BCUT2D eigenvalue weighted by Gasteiger charge is -2.33. The Morgan fingerprint density at radius 3 is 2.21 bits per heavy atom. The second-order valence-corrected chi connectivity index (χ2v) is 9.15. The molecule has 29 heavy (non-hydrogen) atoms. The summed E-state index contributed by atoms with van der Waals surface area (Å²) in [6.07, 6.45) is 2.80. The quantitative estimate of drug-likeness (QED) is 0.400. The summed E-state index contributed by atoms with van der Waals surface area (Å²) in [6, 6.07) is 19.3. The van der Waals surface area contributed by atoms with Crippen LogP contribution in [0.5, 0.6) is 0 Å². The Kier molecular flexibility index (Phi) is 9.03. The van der Waals surface area contributed by atoms with E-state index in [9.17, 15) is 5.26 Å². The van der Waals surface area contributed by atoms with E-state index in [0.717, 1.165) is 37.9 Å². The number of nitrogens with zero attached hydrogens (tertiary/aromatic N) is 2. The first-order valence-electron chi connectivity index (χ1n) is 10.4. The minimum Gasteiger partial charge on any atom is -0.301 e. The molecule has 0 saturated carbocycles. The van der Waals surface area contributed by atoms with Crippen LogP contribution in [0.15, 0.2) is 48.5 Å². The van der Waals surface area contributed by atoms with Gasteiger partial charge in [0.2, 0.25) is 0 Å². The third-order valence-corrected chi connectivity index (χ3v) is 6.64. The van der Waals surface area contributed by atoms with Crippen molar-refractivity contribution >= 4 is 23.2 Å². The average Bonchev–Trinajstić information content (AvgIpc) is 2.70. The van der Waals surface area contributed by atoms with Crippen molar-refractivity contribution in [1.29, 1.82) is 5.26 Å². The first kappa shape index (κ1) is 23.7. The zero-order valence-electron chi connectivity index (χ0n) is 18.0. The maximum Gasteiger partial charge on any atom is 0.0846 e. The molecule has 0 spiro atoms. The van der Waals surface area contributed by atoms with Crippen LogP contribution >= 0.6 is 23.2 Å². The van der Waals surface area contributed by atoms with Crippen LogP contribution in [0.2, 0.25) is 10.0 Å². The van der Waals surface area contributed by atoms with Gasteiger partial charge in [-0.25, -0.2) is 0 Å². The van der Waals surface area contributed by atoms with E-state index >= 15 is 0 Å². The highest BCUT2D eigenvalue weighted by Crippen LogP contribution is 2.39. The maximum absolute atomic E-state index is 10.1. The third-order valence-electron chi connectivity index (χ3n) is 5.90. The summed E-state index contributed by atoms with van der Waals surface area (Å²) < 4.78 is 0. The molecule has 0 bridgehead atoms. The lowest BCUT2D eigenvalue weighted by atomic mass is 9.70. The van der Waals surface area contributed by atoms with Crippen molar-refractivity contribution < 1.29 is 0 Å². The Labute approximate surface area is 186 Å². The Hall–Kier alpha value is -1.53. The van der Waals surface area contributed by atoms with E-state index in [0.29, 0.717) is 16.1 Å². The Bertz CT molecular complexity index is 811. The fraction of sp³-hybridized carbons (Fsp3) is 0.480. The lowest BCUT2D eigenvalue weighted by molar-refractivity contribution is 0.210. The molecule has 156 valence electrons. The van der Waals surface area contributed by atoms with Gasteiger partial charge in [-0.15, -0.1) is 0 Å². The molecule has 1 atom stereocenters. The monoisotopic (exact) mass is 430 g/mol. The molecular weight excluding hydrogens is 399 g/mol. The van der Waals surface area contributed by atoms with Crippen molar-refractivity contribution in [2.24, 2.45) is 5.92 Å². The highest BCUT2D eigenvalue weighted by molar-refractivity contribution is 6.42. The topological polar surface area (TPSA) is 27.0 Å². The SMILES string of the molecule is CC(C)N(CCCC(C#N)(c1ccc(Cl)c(Cl)c1)C(C)C)CCc1ccccc1. The zero-order chi connectivity index (χ0) is 21.4. The van der Waals surface area contributed by atoms with Gasteiger partial charge in [0.05, 0.1) is 21.5 Å². The summed E-state index contributed by atoms with van der Waals surface area (Å²) >= 11 is 12.4. The normalized spacial score (nSPS) is 13.7. The summed E-state index contributed by atoms with van der Waals surface area (Å²) in [4.78, 5) is 2.50. The van der Waals surface area contributed by atoms with Crippen molar-refractivity contribution in [3.63, 3.8) is 0 Å². The molecule has 4 heteroatoms. The first-order valence-corrected chi connectivity index (χ1v) is 11.2. The van der Waals surface area contributed by atoms with Crippen molar-refractivity contribution in [3.05, 3.63) is 69.7 Å². The van der Waals surface area contributed by atoms with Gasteiger partial charge in [0.1, 0.15) is 0 Å². The standard InChI is InChI=1S/C25H32Cl2N2/c1-19(2)25(18-28,22-11-12-23(26)24(27)17-22)14-8-15-29(20(3)4)16-13-21-9-6-5-7-10-21/h5-7,9-12,17,19-20H,8,13-16H2,1-4H3. The first-order chi connectivity index (χ1) is 13.8. The lowest BCUT2D eigenvalue weighted by Crippen LogP contribution is -2.36. The van der Waals surface area contributed by atoms with Gasteiger partial charge in [0.25, 0.3) is 0 Å². The van der Waals surface area contributed by atoms with Gasteiger partial charge in [-0.1, -0.05) is 73.4 Å². The average molecular weight is 431 g/mol. The van der Waals surface area contributed by atoms with E-state index in [4.69, 9.17) is 23.2 Å². The molecule has 0 aliphatic heterocycles. The van der Waals surface area contributed by atoms with Crippen molar-refractivity contribution in [2.45, 2.75) is 58.4 Å². The van der Waals surface area contributed by atoms with Crippen molar-refractivity contribution in [3.8, 4) is 6.07 Å². The number of nitriles is 1. The number of rotatable bonds is 10. The summed E-state index contributed by atoms with van der Waals surface area (Å²) in [5, 5.41) is 11.2. The Balaban J connectivity index is 2.07. The van der Waals surface area contributed by atoms with E-state index in [2.05, 4.69) is 69.0 Å². The van der Waals surface area contributed by atoms with Crippen LogP contribution in [0.4, 0.5) is 0 Å². The van der Waals surface area contributed by atoms with E-state index < -0.39 is 5.41 Å². The fourth-order valence-electron chi connectivity index (χ4n) is 3.90. The fourth-order valence-corrected chi connectivity index (χ4v) is 4.19. The molecule has 2 nitrogen and oxygen atoms in total. The van der Waals surface area contributed by atoms with Crippen molar-refractivity contribution in [1.82, 2.24) is 4.90 Å². The predicted octanol–water partition coefficient (Wildman–Crippen LogP) is 7.14. The molecule has 0 aromatic heterocycles. The third kappa shape index (κ3) is 6.22. The van der Waals surface area contributed by atoms with Crippen LogP contribution in [0, 0.1) is 17.2 Å². The molecule has 0 fully saturated rings. The number of hydrogen-bond donors (Lipinski definition) is 0. The molecular formula is C25H32Cl2N2. The van der Waals surface area contributed by atoms with E-state index in [1.165, 1.54) is 5.56 Å². The molecule has 2 aromatic rings. The summed E-state index contributed by atoms with van der Waals surface area (Å²) in [5.41, 5.74) is 1.77. The molecule has 1 unspecified atom stereocenters. The summed E-state index contributed by atoms with van der Waals surface area (Å²) in [6.45, 7) is 10.7. The van der Waals surface area contributed by atoms with Crippen LogP contribution in [-0.4, -0.2) is 24.0 Å². The molecule has 0 aliphatic carbocycles. The largest absolute Gasteiger partial charge is 0.301 e. The molecule has 0 amide bonds. The Morgan fingerprint density at radius 2 is 1.66 bits per heavy atom. The van der Waals surface area contributed by atoms with Gasteiger partial charge >= 0.3 is 0 Å². The van der Waals surface area contributed by atoms with Crippen LogP contribution in [0.3, 0.4) is 0 Å². The molecule has 0 saturated heterocycles. The van der Waals surface area contributed by atoms with Crippen LogP contribution in [-0.2, 0) is 11.8 Å². The molecule has 2 rings (SSSR count). The number of hydrogen-bond acceptors (Lipinski definition) is 2. The highest BCUT2D eigenvalue weighted by Gasteiger charge is 2.36. The van der Waals surface area contributed by atoms with Crippen LogP contribution in [0.25, 0.3) is 0 Å². The minimum atomic E-state index is -0.559. The summed E-state index contributed by atoms with van der Waals surface area (Å²) in [5.74, 6) is 0.182. The molecule has 0 heterocycles. The second-order valence-electron chi connectivity index (χ2n) is 8.34. The molecule has 0 N–H and O–H groups in total. The molecule has 0 radical (unpaired) electrons. The van der Waals surface area contributed by atoms with Gasteiger partial charge in [-0.2, -0.15) is 5.26 Å². The van der Waals surface area contributed by atoms with Crippen LogP contribution < -0.4 is 0 Å². The predicted molar refractivity (Wildman–Crippen MR) is 125 cm³/mol. The second kappa shape index (κ2) is 11.0. The molecule has 0 aliphatic rings. The zero-order valence-corrected chi connectivity index (χ0v) is 19.5. The van der Waals surface area contributed by atoms with Crippen LogP contribution in [0.1, 0.15) is 51.7 Å². The van der Waals surface area contributed by atoms with Gasteiger partial charge in [-0.05, 0) is 68.8 Å². The van der Waals surface area contributed by atoms with Gasteiger partial charge < -0.3 is 4.90 Å². The van der Waals surface area contributed by atoms with Gasteiger partial charge in [-0.3, -0.25) is 0 Å². The summed E-state index contributed by atoms with van der Waals surface area (Å²) in [7, 11) is 0. The maximum atomic E-state index is 10.1. The minimum absolute atomic E-state index is 0.182. The van der Waals surface area contributed by atoms with E-state index in [1.54, 1.807) is 6.07 Å². The van der Waals surface area contributed by atoms with Gasteiger partial charge in [0.15, 0.2) is 0 Å². The molecule has 2 aromatic carbocycles. The highest BCUT2D eigenvalue weighted by atomic mass is 35.5. The number of halogens is 2. The smallest absolute Gasteiger partial charge is 0.0846 e. The van der Waals surface area contributed by atoms with Gasteiger partial charge in [0, 0.05) is 12.6 Å². The van der Waals surface area contributed by atoms with E-state index in [1.807, 2.05) is 12.1 Å².